The van der Waals surface area contributed by atoms with Crippen molar-refractivity contribution in [3.8, 4) is 0 Å². The molecule has 0 aliphatic heterocycles. The molecule has 0 unspecified atom stereocenters. The summed E-state index contributed by atoms with van der Waals surface area (Å²) in [5.41, 5.74) is 3.95. The van der Waals surface area contributed by atoms with Gasteiger partial charge in [-0.1, -0.05) is 6.92 Å². The van der Waals surface area contributed by atoms with Gasteiger partial charge in [0.15, 0.2) is 0 Å². The van der Waals surface area contributed by atoms with Gasteiger partial charge in [0.1, 0.15) is 0 Å². The van der Waals surface area contributed by atoms with Crippen molar-refractivity contribution in [2.75, 3.05) is 32.1 Å². The average Bonchev–Trinajstić information content (AvgIpc) is 2.38. The number of nitrogens with two attached hydrogens (primary N) is 1. The van der Waals surface area contributed by atoms with Crippen LogP contribution >= 0.6 is 0 Å². The van der Waals surface area contributed by atoms with Gasteiger partial charge < -0.3 is 15.6 Å². The second-order valence-electron chi connectivity index (χ2n) is 3.87. The number of rotatable bonds is 6. The van der Waals surface area contributed by atoms with Gasteiger partial charge in [-0.3, -0.25) is 10.6 Å². The monoisotopic (exact) mass is 236 g/mol. The van der Waals surface area contributed by atoms with Crippen LogP contribution < -0.4 is 16.6 Å². The molecule has 5 heteroatoms. The predicted molar refractivity (Wildman–Crippen MR) is 69.8 cm³/mol. The molecule has 0 heterocycles. The number of benzene rings is 1. The van der Waals surface area contributed by atoms with Crippen molar-refractivity contribution in [1.82, 2.24) is 10.2 Å². The van der Waals surface area contributed by atoms with Gasteiger partial charge in [0.2, 0.25) is 0 Å². The lowest BCUT2D eigenvalue weighted by Crippen LogP contribution is -2.32. The Morgan fingerprint density at radius 1 is 1.35 bits per heavy atom. The van der Waals surface area contributed by atoms with Crippen LogP contribution in [0.2, 0.25) is 0 Å². The average molecular weight is 236 g/mol. The van der Waals surface area contributed by atoms with Crippen LogP contribution in [-0.2, 0) is 0 Å². The van der Waals surface area contributed by atoms with Crippen LogP contribution in [0.25, 0.3) is 0 Å². The van der Waals surface area contributed by atoms with Gasteiger partial charge >= 0.3 is 0 Å². The molecule has 1 amide bonds. The lowest BCUT2D eigenvalue weighted by Gasteiger charge is -2.14. The van der Waals surface area contributed by atoms with Crippen molar-refractivity contribution < 1.29 is 4.79 Å². The smallest absolute Gasteiger partial charge is 0.251 e. The van der Waals surface area contributed by atoms with E-state index >= 15 is 0 Å². The second kappa shape index (κ2) is 6.88. The van der Waals surface area contributed by atoms with E-state index in [9.17, 15) is 4.79 Å². The zero-order chi connectivity index (χ0) is 12.7. The van der Waals surface area contributed by atoms with Crippen molar-refractivity contribution in [3.05, 3.63) is 29.8 Å². The third-order valence-corrected chi connectivity index (χ3v) is 2.63. The number of carbonyl (C=O) groups excluding carboxylic acids is 1. The van der Waals surface area contributed by atoms with Gasteiger partial charge in [0.25, 0.3) is 5.91 Å². The molecular formula is C12H20N4O. The van der Waals surface area contributed by atoms with E-state index < -0.39 is 0 Å². The van der Waals surface area contributed by atoms with Gasteiger partial charge in [0.05, 0.1) is 0 Å². The number of anilines is 1. The summed E-state index contributed by atoms with van der Waals surface area (Å²) in [4.78, 5) is 13.9. The number of nitrogens with one attached hydrogen (secondary N) is 2. The van der Waals surface area contributed by atoms with Crippen LogP contribution in [0, 0.1) is 0 Å². The number of nitrogens with zero attached hydrogens (tertiary/aromatic N) is 1. The first-order chi connectivity index (χ1) is 8.17. The molecule has 17 heavy (non-hydrogen) atoms. The molecule has 94 valence electrons. The summed E-state index contributed by atoms with van der Waals surface area (Å²) in [7, 11) is 2.02. The van der Waals surface area contributed by atoms with E-state index in [0.717, 1.165) is 18.8 Å². The molecule has 4 N–H and O–H groups in total. The van der Waals surface area contributed by atoms with Crippen LogP contribution in [0.4, 0.5) is 5.69 Å². The van der Waals surface area contributed by atoms with E-state index in [2.05, 4.69) is 22.6 Å². The molecular weight excluding hydrogens is 216 g/mol. The zero-order valence-corrected chi connectivity index (χ0v) is 10.4. The minimum atomic E-state index is -0.0573. The van der Waals surface area contributed by atoms with E-state index in [-0.39, 0.29) is 5.91 Å². The Balaban J connectivity index is 2.41. The minimum Gasteiger partial charge on any atom is -0.351 e. The maximum atomic E-state index is 11.7. The summed E-state index contributed by atoms with van der Waals surface area (Å²) in [6, 6.07) is 7.03. The number of amides is 1. The van der Waals surface area contributed by atoms with E-state index in [1.165, 1.54) is 0 Å². The Hall–Kier alpha value is -1.59. The maximum absolute atomic E-state index is 11.7. The standard InChI is InChI=1S/C12H20N4O/c1-3-16(2)9-8-14-12(17)10-4-6-11(15-13)7-5-10/h4-7,15H,3,8-9,13H2,1-2H3,(H,14,17). The lowest BCUT2D eigenvalue weighted by molar-refractivity contribution is 0.0950. The van der Waals surface area contributed by atoms with Gasteiger partial charge in [0, 0.05) is 24.3 Å². The first-order valence-electron chi connectivity index (χ1n) is 5.70. The van der Waals surface area contributed by atoms with E-state index in [1.807, 2.05) is 7.05 Å². The fourth-order valence-corrected chi connectivity index (χ4v) is 1.34. The Morgan fingerprint density at radius 2 is 2.00 bits per heavy atom. The van der Waals surface area contributed by atoms with Gasteiger partial charge in [-0.2, -0.15) is 0 Å². The Kier molecular flexibility index (Phi) is 5.45. The molecule has 5 nitrogen and oxygen atoms in total. The van der Waals surface area contributed by atoms with Crippen LogP contribution in [-0.4, -0.2) is 37.5 Å². The topological polar surface area (TPSA) is 70.4 Å². The highest BCUT2D eigenvalue weighted by atomic mass is 16.1. The van der Waals surface area contributed by atoms with Gasteiger partial charge in [-0.05, 0) is 37.9 Å². The van der Waals surface area contributed by atoms with Crippen LogP contribution in [0.3, 0.4) is 0 Å². The quantitative estimate of drug-likeness (QED) is 0.501. The fourth-order valence-electron chi connectivity index (χ4n) is 1.34. The number of nitrogen functional groups attached to an aromatic ring is 1. The van der Waals surface area contributed by atoms with E-state index in [0.29, 0.717) is 12.1 Å². The van der Waals surface area contributed by atoms with Crippen molar-refractivity contribution in [2.45, 2.75) is 6.92 Å². The molecule has 0 bridgehead atoms. The second-order valence-corrected chi connectivity index (χ2v) is 3.87. The fraction of sp³-hybridized carbons (Fsp3) is 0.417. The normalized spacial score (nSPS) is 10.4. The molecule has 1 aromatic rings. The number of hydrogen-bond donors (Lipinski definition) is 3. The number of likely N-dealkylation sites (N-methyl/N-ethyl adjacent to an activating group) is 1. The molecule has 0 aliphatic carbocycles. The Bertz CT molecular complexity index is 350. The molecule has 0 saturated heterocycles. The van der Waals surface area contributed by atoms with Crippen molar-refractivity contribution >= 4 is 11.6 Å². The first-order valence-corrected chi connectivity index (χ1v) is 5.70. The highest BCUT2D eigenvalue weighted by molar-refractivity contribution is 5.94. The molecule has 0 atom stereocenters. The van der Waals surface area contributed by atoms with Crippen LogP contribution in [0.15, 0.2) is 24.3 Å². The van der Waals surface area contributed by atoms with Crippen molar-refractivity contribution in [2.24, 2.45) is 5.84 Å². The summed E-state index contributed by atoms with van der Waals surface area (Å²) in [5.74, 6) is 5.19. The van der Waals surface area contributed by atoms with Crippen molar-refractivity contribution in [1.29, 1.82) is 0 Å². The molecule has 0 radical (unpaired) electrons. The molecule has 0 aromatic heterocycles. The summed E-state index contributed by atoms with van der Waals surface area (Å²) >= 11 is 0. The molecule has 0 spiro atoms. The minimum absolute atomic E-state index is 0.0573. The third-order valence-electron chi connectivity index (χ3n) is 2.63. The van der Waals surface area contributed by atoms with Crippen LogP contribution in [0.5, 0.6) is 0 Å². The van der Waals surface area contributed by atoms with Gasteiger partial charge in [-0.25, -0.2) is 0 Å². The third kappa shape index (κ3) is 4.42. The summed E-state index contributed by atoms with van der Waals surface area (Å²) in [6.45, 7) is 4.57. The zero-order valence-electron chi connectivity index (χ0n) is 10.4. The molecule has 1 rings (SSSR count). The summed E-state index contributed by atoms with van der Waals surface area (Å²) in [6.07, 6.45) is 0. The number of carbonyl (C=O) groups is 1. The molecule has 0 fully saturated rings. The molecule has 0 aliphatic rings. The largest absolute Gasteiger partial charge is 0.351 e. The molecule has 1 aromatic carbocycles. The summed E-state index contributed by atoms with van der Waals surface area (Å²) in [5, 5.41) is 2.87. The predicted octanol–water partition coefficient (Wildman–Crippen LogP) is 0.654. The Labute approximate surface area is 102 Å². The SMILES string of the molecule is CCN(C)CCNC(=O)c1ccc(NN)cc1. The van der Waals surface area contributed by atoms with E-state index in [1.54, 1.807) is 24.3 Å². The number of hydrogen-bond acceptors (Lipinski definition) is 4. The first kappa shape index (κ1) is 13.5. The number of hydrazine groups is 1. The highest BCUT2D eigenvalue weighted by Crippen LogP contribution is 2.07. The van der Waals surface area contributed by atoms with Crippen molar-refractivity contribution in [3.63, 3.8) is 0 Å². The Morgan fingerprint density at radius 3 is 2.53 bits per heavy atom. The highest BCUT2D eigenvalue weighted by Gasteiger charge is 2.04. The van der Waals surface area contributed by atoms with Crippen LogP contribution in [0.1, 0.15) is 17.3 Å². The summed E-state index contributed by atoms with van der Waals surface area (Å²) < 4.78 is 0. The maximum Gasteiger partial charge on any atom is 0.251 e. The van der Waals surface area contributed by atoms with Gasteiger partial charge in [-0.15, -0.1) is 0 Å². The van der Waals surface area contributed by atoms with E-state index in [4.69, 9.17) is 5.84 Å². The lowest BCUT2D eigenvalue weighted by atomic mass is 10.2. The molecule has 0 saturated carbocycles.